The van der Waals surface area contributed by atoms with Gasteiger partial charge in [-0.1, -0.05) is 113 Å². The van der Waals surface area contributed by atoms with Crippen LogP contribution in [0.15, 0.2) is 85.1 Å². The molecule has 0 unspecified atom stereocenters. The van der Waals surface area contributed by atoms with Gasteiger partial charge in [-0.15, -0.1) is 10.2 Å². The molecule has 0 fully saturated rings. The first kappa shape index (κ1) is 33.2. The lowest BCUT2D eigenvalue weighted by Gasteiger charge is -2.29. The Morgan fingerprint density at radius 3 is 1.52 bits per heavy atom. The molecule has 46 heavy (non-hydrogen) atoms. The Labute approximate surface area is 277 Å². The number of anilines is 3. The monoisotopic (exact) mass is 615 g/mol. The van der Waals surface area contributed by atoms with E-state index >= 15 is 0 Å². The average Bonchev–Trinajstić information content (AvgIpc) is 3.59. The van der Waals surface area contributed by atoms with Crippen LogP contribution in [0.25, 0.3) is 11.4 Å². The van der Waals surface area contributed by atoms with Crippen molar-refractivity contribution in [2.45, 2.75) is 112 Å². The smallest absolute Gasteiger partial charge is 0.161 e. The van der Waals surface area contributed by atoms with Crippen molar-refractivity contribution in [2.24, 2.45) is 0 Å². The summed E-state index contributed by atoms with van der Waals surface area (Å²) in [5.41, 5.74) is 9.36. The van der Waals surface area contributed by atoms with Gasteiger partial charge in [0.2, 0.25) is 0 Å². The van der Waals surface area contributed by atoms with E-state index < -0.39 is 0 Å². The maximum atomic E-state index is 5.26. The number of rotatable bonds is 5. The highest BCUT2D eigenvalue weighted by Gasteiger charge is 2.26. The summed E-state index contributed by atoms with van der Waals surface area (Å²) in [4.78, 5) is 2.21. The van der Waals surface area contributed by atoms with E-state index in [0.717, 1.165) is 34.4 Å². The van der Waals surface area contributed by atoms with E-state index in [9.17, 15) is 0 Å². The van der Waals surface area contributed by atoms with E-state index in [2.05, 4.69) is 185 Å². The van der Waals surface area contributed by atoms with Gasteiger partial charge < -0.3 is 0 Å². The second-order valence-corrected chi connectivity index (χ2v) is 16.9. The molecule has 242 valence electrons. The molecule has 0 atom stereocenters. The van der Waals surface area contributed by atoms with E-state index in [1.54, 1.807) is 0 Å². The molecule has 0 radical (unpaired) electrons. The molecule has 5 nitrogen and oxygen atoms in total. The highest BCUT2D eigenvalue weighted by Crippen LogP contribution is 2.40. The van der Waals surface area contributed by atoms with E-state index in [-0.39, 0.29) is 21.7 Å². The van der Waals surface area contributed by atoms with Crippen molar-refractivity contribution in [2.75, 3.05) is 4.90 Å². The zero-order valence-corrected chi connectivity index (χ0v) is 30.3. The fraction of sp³-hybridized carbons (Fsp3) is 0.415. The van der Waals surface area contributed by atoms with Gasteiger partial charge in [-0.05, 0) is 87.2 Å². The number of hydrogen-bond acceptors (Lipinski definition) is 3. The Kier molecular flexibility index (Phi) is 8.38. The van der Waals surface area contributed by atoms with Crippen molar-refractivity contribution in [3.63, 3.8) is 0 Å². The molecule has 0 saturated carbocycles. The van der Waals surface area contributed by atoms with E-state index in [0.29, 0.717) is 0 Å². The van der Waals surface area contributed by atoms with Gasteiger partial charge in [0, 0.05) is 29.7 Å². The predicted molar refractivity (Wildman–Crippen MR) is 195 cm³/mol. The van der Waals surface area contributed by atoms with E-state index in [4.69, 9.17) is 10.2 Å². The molecule has 2 aromatic heterocycles. The van der Waals surface area contributed by atoms with Crippen molar-refractivity contribution in [3.8, 4) is 11.4 Å². The molecule has 5 rings (SSSR count). The fourth-order valence-electron chi connectivity index (χ4n) is 5.61. The second-order valence-electron chi connectivity index (χ2n) is 16.9. The van der Waals surface area contributed by atoms with Crippen molar-refractivity contribution in [1.29, 1.82) is 0 Å². The SMILES string of the molecule is Cc1cc(N(c2cc(C(C)(C)C)cc(C(C)(C)C)c2)c2ccn(-c3cccc(C(C)(C)C)c3)n2)nn1-c1cccc(C(C)(C)C)c1. The van der Waals surface area contributed by atoms with Gasteiger partial charge in [-0.3, -0.25) is 4.90 Å². The molecular formula is C41H53N5. The summed E-state index contributed by atoms with van der Waals surface area (Å²) in [6, 6.07) is 28.6. The van der Waals surface area contributed by atoms with Crippen molar-refractivity contribution in [1.82, 2.24) is 19.6 Å². The zero-order valence-electron chi connectivity index (χ0n) is 30.3. The Morgan fingerprint density at radius 1 is 0.500 bits per heavy atom. The third-order valence-corrected chi connectivity index (χ3v) is 8.75. The maximum absolute atomic E-state index is 5.26. The maximum Gasteiger partial charge on any atom is 0.161 e. The van der Waals surface area contributed by atoms with Gasteiger partial charge in [-0.2, -0.15) is 0 Å². The average molecular weight is 616 g/mol. The van der Waals surface area contributed by atoms with Gasteiger partial charge in [-0.25, -0.2) is 9.36 Å². The number of aromatic nitrogens is 4. The third-order valence-electron chi connectivity index (χ3n) is 8.75. The lowest BCUT2D eigenvalue weighted by Crippen LogP contribution is -2.19. The lowest BCUT2D eigenvalue weighted by molar-refractivity contribution is 0.568. The van der Waals surface area contributed by atoms with Crippen LogP contribution < -0.4 is 4.90 Å². The van der Waals surface area contributed by atoms with Crippen molar-refractivity contribution in [3.05, 3.63) is 113 Å². The topological polar surface area (TPSA) is 38.9 Å². The van der Waals surface area contributed by atoms with E-state index in [1.807, 2.05) is 4.68 Å². The highest BCUT2D eigenvalue weighted by molar-refractivity contribution is 5.74. The number of hydrogen-bond donors (Lipinski definition) is 0. The Hall–Kier alpha value is -4.12. The quantitative estimate of drug-likeness (QED) is 0.197. The molecule has 0 aliphatic carbocycles. The van der Waals surface area contributed by atoms with Gasteiger partial charge in [0.15, 0.2) is 11.6 Å². The van der Waals surface area contributed by atoms with Gasteiger partial charge in [0.1, 0.15) is 0 Å². The summed E-state index contributed by atoms with van der Waals surface area (Å²) in [5.74, 6) is 1.65. The molecule has 0 bridgehead atoms. The molecule has 0 spiro atoms. The molecule has 0 amide bonds. The molecule has 5 heteroatoms. The summed E-state index contributed by atoms with van der Waals surface area (Å²) in [7, 11) is 0. The van der Waals surface area contributed by atoms with Crippen LogP contribution >= 0.6 is 0 Å². The number of benzene rings is 3. The molecular weight excluding hydrogens is 562 g/mol. The molecule has 3 aromatic carbocycles. The molecule has 0 saturated heterocycles. The summed E-state index contributed by atoms with van der Waals surface area (Å²) in [6.07, 6.45) is 2.05. The van der Waals surface area contributed by atoms with Crippen LogP contribution in [-0.2, 0) is 21.7 Å². The van der Waals surface area contributed by atoms with Crippen LogP contribution in [0.1, 0.15) is 111 Å². The van der Waals surface area contributed by atoms with E-state index in [1.165, 1.54) is 22.3 Å². The molecule has 0 aliphatic rings. The number of aryl methyl sites for hydroxylation is 1. The van der Waals surface area contributed by atoms with Crippen LogP contribution in [0.3, 0.4) is 0 Å². The normalized spacial score (nSPS) is 12.9. The van der Waals surface area contributed by atoms with Crippen LogP contribution in [0.2, 0.25) is 0 Å². The Morgan fingerprint density at radius 2 is 1.00 bits per heavy atom. The Balaban J connectivity index is 1.71. The van der Waals surface area contributed by atoms with Gasteiger partial charge >= 0.3 is 0 Å². The highest BCUT2D eigenvalue weighted by atomic mass is 15.4. The predicted octanol–water partition coefficient (Wildman–Crippen LogP) is 11.0. The minimum absolute atomic E-state index is 0.0306. The van der Waals surface area contributed by atoms with Gasteiger partial charge in [0.05, 0.1) is 11.4 Å². The minimum atomic E-state index is -0.0306. The zero-order chi connectivity index (χ0) is 33.8. The third kappa shape index (κ3) is 6.99. The van der Waals surface area contributed by atoms with Crippen LogP contribution in [0.5, 0.6) is 0 Å². The summed E-state index contributed by atoms with van der Waals surface area (Å²) in [5, 5.41) is 10.5. The number of nitrogens with zero attached hydrogens (tertiary/aromatic N) is 5. The fourth-order valence-corrected chi connectivity index (χ4v) is 5.61. The summed E-state index contributed by atoms with van der Waals surface area (Å²) >= 11 is 0. The van der Waals surface area contributed by atoms with Crippen LogP contribution in [0, 0.1) is 6.92 Å². The van der Waals surface area contributed by atoms with Crippen molar-refractivity contribution < 1.29 is 0 Å². The van der Waals surface area contributed by atoms with Crippen molar-refractivity contribution >= 4 is 17.3 Å². The van der Waals surface area contributed by atoms with Gasteiger partial charge in [0.25, 0.3) is 0 Å². The summed E-state index contributed by atoms with van der Waals surface area (Å²) < 4.78 is 4.03. The first-order valence-electron chi connectivity index (χ1n) is 16.5. The standard InChI is InChI=1S/C41H53N5/c1-28-22-37(43-46(28)34-19-15-17-30(25-34)39(5,6)7)45(35-26-31(40(8,9)10)23-32(27-35)41(11,12)13)36-20-21-44(42-36)33-18-14-16-29(24-33)38(2,3)4/h14-27H,1-13H3. The minimum Gasteiger partial charge on any atom is -0.276 e. The first-order valence-corrected chi connectivity index (χ1v) is 16.5. The lowest BCUT2D eigenvalue weighted by atomic mass is 9.80. The molecule has 5 aromatic rings. The van der Waals surface area contributed by atoms with Crippen LogP contribution in [0.4, 0.5) is 17.3 Å². The largest absolute Gasteiger partial charge is 0.276 e. The first-order chi connectivity index (χ1) is 21.2. The summed E-state index contributed by atoms with van der Waals surface area (Å²) in [6.45, 7) is 29.3. The molecule has 0 N–H and O–H groups in total. The van der Waals surface area contributed by atoms with Crippen LogP contribution in [-0.4, -0.2) is 19.6 Å². The second kappa shape index (κ2) is 11.6. The molecule has 0 aliphatic heterocycles. The molecule has 2 heterocycles. The Bertz CT molecular complexity index is 1810.